The molecule has 5 nitrogen and oxygen atoms in total. The average molecular weight is 329 g/mol. The number of rotatable bonds is 7. The summed E-state index contributed by atoms with van der Waals surface area (Å²) in [5, 5.41) is 2.81. The Balaban J connectivity index is 1.81. The fraction of sp³-hybridized carbons (Fsp3) is 0.368. The summed E-state index contributed by atoms with van der Waals surface area (Å²) in [6.07, 6.45) is 2.41. The molecule has 0 fully saturated rings. The minimum atomic E-state index is -0.652. The summed E-state index contributed by atoms with van der Waals surface area (Å²) >= 11 is 0. The van der Waals surface area contributed by atoms with Gasteiger partial charge in [-0.2, -0.15) is 0 Å². The molecule has 0 unspecified atom stereocenters. The van der Waals surface area contributed by atoms with Crippen molar-refractivity contribution in [3.8, 4) is 0 Å². The highest BCUT2D eigenvalue weighted by molar-refractivity contribution is 5.88. The van der Waals surface area contributed by atoms with E-state index in [1.807, 2.05) is 19.1 Å². The van der Waals surface area contributed by atoms with Gasteiger partial charge in [-0.05, 0) is 42.5 Å². The zero-order chi connectivity index (χ0) is 17.5. The number of nitrogens with one attached hydrogen (secondary N) is 1. The second-order valence-electron chi connectivity index (χ2n) is 6.18. The van der Waals surface area contributed by atoms with Crippen molar-refractivity contribution in [1.29, 1.82) is 0 Å². The molecule has 5 heteroatoms. The molecule has 0 bridgehead atoms. The van der Waals surface area contributed by atoms with Crippen molar-refractivity contribution in [2.24, 2.45) is 5.92 Å². The highest BCUT2D eigenvalue weighted by atomic mass is 16.5. The van der Waals surface area contributed by atoms with Crippen molar-refractivity contribution < 1.29 is 18.7 Å². The minimum Gasteiger partial charge on any atom is -0.457 e. The number of ether oxygens (including phenoxy) is 1. The first kappa shape index (κ1) is 17.8. The lowest BCUT2D eigenvalue weighted by Crippen LogP contribution is -2.31. The Hall–Kier alpha value is -2.56. The van der Waals surface area contributed by atoms with Crippen LogP contribution in [0, 0.1) is 5.92 Å². The first-order valence-electron chi connectivity index (χ1n) is 8.04. The molecule has 0 saturated heterocycles. The first-order chi connectivity index (χ1) is 11.5. The zero-order valence-electron chi connectivity index (χ0n) is 14.2. The van der Waals surface area contributed by atoms with Crippen LogP contribution < -0.4 is 5.32 Å². The molecule has 2 aromatic rings. The Kier molecular flexibility index (Phi) is 6.18. The van der Waals surface area contributed by atoms with Gasteiger partial charge in [0.25, 0.3) is 5.91 Å². The summed E-state index contributed by atoms with van der Waals surface area (Å²) in [5.41, 5.74) is 2.29. The molecule has 1 aromatic carbocycles. The highest BCUT2D eigenvalue weighted by Gasteiger charge is 2.14. The molecular weight excluding hydrogens is 306 g/mol. The molecule has 0 radical (unpaired) electrons. The van der Waals surface area contributed by atoms with Crippen LogP contribution in [0.3, 0.4) is 0 Å². The number of furan rings is 1. The van der Waals surface area contributed by atoms with Crippen LogP contribution in [-0.4, -0.2) is 18.5 Å². The molecule has 0 aliphatic carbocycles. The predicted octanol–water partition coefficient (Wildman–Crippen LogP) is 3.51. The number of carbonyl (C=O) groups excluding carboxylic acids is 2. The maximum absolute atomic E-state index is 11.9. The number of amides is 1. The van der Waals surface area contributed by atoms with Crippen LogP contribution >= 0.6 is 0 Å². The van der Waals surface area contributed by atoms with Gasteiger partial charge in [0.05, 0.1) is 12.3 Å². The van der Waals surface area contributed by atoms with Crippen molar-refractivity contribution >= 4 is 11.9 Å². The fourth-order valence-electron chi connectivity index (χ4n) is 2.38. The lowest BCUT2D eigenvalue weighted by Gasteiger charge is -2.15. The molecule has 1 atom stereocenters. The molecule has 1 heterocycles. The van der Waals surface area contributed by atoms with E-state index < -0.39 is 5.97 Å². The van der Waals surface area contributed by atoms with Crippen LogP contribution in [0.1, 0.15) is 48.5 Å². The maximum Gasteiger partial charge on any atom is 0.374 e. The van der Waals surface area contributed by atoms with E-state index in [0.717, 1.165) is 12.0 Å². The molecule has 128 valence electrons. The molecule has 0 saturated carbocycles. The lowest BCUT2D eigenvalue weighted by molar-refractivity contribution is -0.124. The van der Waals surface area contributed by atoms with Gasteiger partial charge in [0, 0.05) is 0 Å². The van der Waals surface area contributed by atoms with Gasteiger partial charge in [-0.3, -0.25) is 4.79 Å². The van der Waals surface area contributed by atoms with E-state index in [-0.39, 0.29) is 24.3 Å². The van der Waals surface area contributed by atoms with Crippen LogP contribution in [0.2, 0.25) is 0 Å². The van der Waals surface area contributed by atoms with Gasteiger partial charge >= 0.3 is 5.97 Å². The monoisotopic (exact) mass is 329 g/mol. The molecule has 0 spiro atoms. The van der Waals surface area contributed by atoms with Gasteiger partial charge in [0.1, 0.15) is 0 Å². The van der Waals surface area contributed by atoms with E-state index in [1.165, 1.54) is 17.9 Å². The number of carbonyl (C=O) groups is 2. The topological polar surface area (TPSA) is 68.5 Å². The van der Waals surface area contributed by atoms with Crippen LogP contribution in [0.4, 0.5) is 0 Å². The van der Waals surface area contributed by atoms with Crippen molar-refractivity contribution in [2.75, 3.05) is 6.61 Å². The standard InChI is InChI=1S/C19H23NO4/c1-13(2)11-15-6-8-16(9-7-15)14(3)20-18(21)12-24-19(22)17-5-4-10-23-17/h4-10,13-14H,11-12H2,1-3H3,(H,20,21)/t14-/m0/s1. The number of esters is 1. The first-order valence-corrected chi connectivity index (χ1v) is 8.04. The van der Waals surface area contributed by atoms with Gasteiger partial charge in [-0.15, -0.1) is 0 Å². The Labute approximate surface area is 142 Å². The highest BCUT2D eigenvalue weighted by Crippen LogP contribution is 2.15. The maximum atomic E-state index is 11.9. The Morgan fingerprint density at radius 2 is 1.83 bits per heavy atom. The predicted molar refractivity (Wildman–Crippen MR) is 90.5 cm³/mol. The molecule has 0 aliphatic rings. The number of hydrogen-bond donors (Lipinski definition) is 1. The van der Waals surface area contributed by atoms with Gasteiger partial charge in [-0.25, -0.2) is 4.79 Å². The van der Waals surface area contributed by atoms with E-state index in [9.17, 15) is 9.59 Å². The summed E-state index contributed by atoms with van der Waals surface area (Å²) in [6.45, 7) is 5.92. The summed E-state index contributed by atoms with van der Waals surface area (Å²) in [6, 6.07) is 11.1. The summed E-state index contributed by atoms with van der Waals surface area (Å²) < 4.78 is 9.81. The lowest BCUT2D eigenvalue weighted by atomic mass is 10.00. The second-order valence-corrected chi connectivity index (χ2v) is 6.18. The van der Waals surface area contributed by atoms with Crippen LogP contribution in [0.5, 0.6) is 0 Å². The smallest absolute Gasteiger partial charge is 0.374 e. The second kappa shape index (κ2) is 8.34. The number of benzene rings is 1. The average Bonchev–Trinajstić information content (AvgIpc) is 3.07. The number of hydrogen-bond acceptors (Lipinski definition) is 4. The fourth-order valence-corrected chi connectivity index (χ4v) is 2.38. The van der Waals surface area contributed by atoms with Crippen LogP contribution in [-0.2, 0) is 16.0 Å². The molecular formula is C19H23NO4. The molecule has 2 rings (SSSR count). The van der Waals surface area contributed by atoms with E-state index in [4.69, 9.17) is 9.15 Å². The van der Waals surface area contributed by atoms with Gasteiger partial charge in [-0.1, -0.05) is 38.1 Å². The van der Waals surface area contributed by atoms with Gasteiger partial charge in [0.2, 0.25) is 5.76 Å². The van der Waals surface area contributed by atoms with E-state index in [1.54, 1.807) is 6.07 Å². The molecule has 0 aliphatic heterocycles. The van der Waals surface area contributed by atoms with Crippen molar-refractivity contribution in [1.82, 2.24) is 5.32 Å². The summed E-state index contributed by atoms with van der Waals surface area (Å²) in [5.74, 6) is -0.317. The van der Waals surface area contributed by atoms with E-state index >= 15 is 0 Å². The van der Waals surface area contributed by atoms with Gasteiger partial charge in [0.15, 0.2) is 6.61 Å². The Morgan fingerprint density at radius 3 is 2.42 bits per heavy atom. The van der Waals surface area contributed by atoms with E-state index in [2.05, 4.69) is 31.3 Å². The zero-order valence-corrected chi connectivity index (χ0v) is 14.2. The third kappa shape index (κ3) is 5.26. The van der Waals surface area contributed by atoms with Crippen LogP contribution in [0.15, 0.2) is 47.1 Å². The summed E-state index contributed by atoms with van der Waals surface area (Å²) in [4.78, 5) is 23.5. The van der Waals surface area contributed by atoms with Crippen molar-refractivity contribution in [3.05, 3.63) is 59.5 Å². The molecule has 1 amide bonds. The largest absolute Gasteiger partial charge is 0.457 e. The molecule has 1 N–H and O–H groups in total. The third-order valence-corrected chi connectivity index (χ3v) is 3.56. The summed E-state index contributed by atoms with van der Waals surface area (Å²) in [7, 11) is 0. The molecule has 24 heavy (non-hydrogen) atoms. The van der Waals surface area contributed by atoms with Gasteiger partial charge < -0.3 is 14.5 Å². The van der Waals surface area contributed by atoms with Crippen LogP contribution in [0.25, 0.3) is 0 Å². The normalized spacial score (nSPS) is 12.0. The Morgan fingerprint density at radius 1 is 1.12 bits per heavy atom. The van der Waals surface area contributed by atoms with Crippen molar-refractivity contribution in [2.45, 2.75) is 33.2 Å². The van der Waals surface area contributed by atoms with E-state index in [0.29, 0.717) is 5.92 Å². The minimum absolute atomic E-state index is 0.0802. The third-order valence-electron chi connectivity index (χ3n) is 3.56. The quantitative estimate of drug-likeness (QED) is 0.789. The SMILES string of the molecule is CC(C)Cc1ccc([C@H](C)NC(=O)COC(=O)c2ccco2)cc1. The van der Waals surface area contributed by atoms with Crippen molar-refractivity contribution in [3.63, 3.8) is 0 Å². The molecule has 1 aromatic heterocycles. The Bertz CT molecular complexity index is 659.